The van der Waals surface area contributed by atoms with E-state index >= 15 is 0 Å². The summed E-state index contributed by atoms with van der Waals surface area (Å²) in [5, 5.41) is 9.11. The zero-order chi connectivity index (χ0) is 17.1. The maximum Gasteiger partial charge on any atom is 0.226 e. The van der Waals surface area contributed by atoms with E-state index in [-0.39, 0.29) is 5.91 Å². The van der Waals surface area contributed by atoms with Gasteiger partial charge < -0.3 is 10.2 Å². The lowest BCUT2D eigenvalue weighted by Gasteiger charge is -2.15. The SMILES string of the molecule is O=C(CC1=CSC2=NCCN12)NCc1csc(Cc2ccccc2)n1. The third-order valence-corrected chi connectivity index (χ3v) is 5.90. The first-order chi connectivity index (χ1) is 12.3. The summed E-state index contributed by atoms with van der Waals surface area (Å²) in [4.78, 5) is 23.4. The first-order valence-corrected chi connectivity index (χ1v) is 9.95. The molecule has 7 heteroatoms. The van der Waals surface area contributed by atoms with Gasteiger partial charge in [0.1, 0.15) is 0 Å². The van der Waals surface area contributed by atoms with Gasteiger partial charge in [-0.2, -0.15) is 0 Å². The van der Waals surface area contributed by atoms with Crippen LogP contribution in [0.1, 0.15) is 22.7 Å². The first-order valence-electron chi connectivity index (χ1n) is 8.19. The number of hydrogen-bond donors (Lipinski definition) is 1. The van der Waals surface area contributed by atoms with Crippen LogP contribution in [-0.2, 0) is 17.8 Å². The van der Waals surface area contributed by atoms with E-state index in [4.69, 9.17) is 0 Å². The zero-order valence-corrected chi connectivity index (χ0v) is 15.3. The molecule has 0 fully saturated rings. The highest BCUT2D eigenvalue weighted by molar-refractivity contribution is 8.16. The summed E-state index contributed by atoms with van der Waals surface area (Å²) in [7, 11) is 0. The second-order valence-electron chi connectivity index (χ2n) is 5.89. The van der Waals surface area contributed by atoms with Crippen molar-refractivity contribution in [1.82, 2.24) is 15.2 Å². The fraction of sp³-hybridized carbons (Fsp3) is 0.278. The Kier molecular flexibility index (Phi) is 4.85. The van der Waals surface area contributed by atoms with Gasteiger partial charge in [-0.25, -0.2) is 4.98 Å². The van der Waals surface area contributed by atoms with Crippen LogP contribution in [0, 0.1) is 0 Å². The van der Waals surface area contributed by atoms with Crippen LogP contribution in [-0.4, -0.2) is 34.0 Å². The largest absolute Gasteiger partial charge is 0.350 e. The molecule has 1 amide bonds. The molecule has 0 bridgehead atoms. The van der Waals surface area contributed by atoms with Crippen LogP contribution in [0.25, 0.3) is 0 Å². The first kappa shape index (κ1) is 16.4. The molecule has 128 valence electrons. The molecular formula is C18H18N4OS2. The molecule has 2 aliphatic rings. The minimum absolute atomic E-state index is 0.0256. The monoisotopic (exact) mass is 370 g/mol. The maximum atomic E-state index is 12.2. The Bertz CT molecular complexity index is 829. The van der Waals surface area contributed by atoms with Crippen molar-refractivity contribution in [3.05, 3.63) is 63.1 Å². The Labute approximate surface area is 154 Å². The minimum Gasteiger partial charge on any atom is -0.350 e. The number of carbonyl (C=O) groups is 1. The van der Waals surface area contributed by atoms with E-state index in [0.717, 1.165) is 41.1 Å². The molecule has 0 saturated heterocycles. The van der Waals surface area contributed by atoms with Crippen molar-refractivity contribution < 1.29 is 4.79 Å². The van der Waals surface area contributed by atoms with Crippen molar-refractivity contribution in [1.29, 1.82) is 0 Å². The van der Waals surface area contributed by atoms with Crippen LogP contribution in [0.2, 0.25) is 0 Å². The number of thiazole rings is 1. The van der Waals surface area contributed by atoms with Gasteiger partial charge in [-0.05, 0) is 11.0 Å². The topological polar surface area (TPSA) is 57.6 Å². The fourth-order valence-electron chi connectivity index (χ4n) is 2.81. The second kappa shape index (κ2) is 7.41. The van der Waals surface area contributed by atoms with E-state index < -0.39 is 0 Å². The van der Waals surface area contributed by atoms with E-state index in [2.05, 4.69) is 32.3 Å². The van der Waals surface area contributed by atoms with Gasteiger partial charge in [0.25, 0.3) is 0 Å². The highest BCUT2D eigenvalue weighted by atomic mass is 32.2. The molecule has 1 aromatic carbocycles. The third-order valence-electron chi connectivity index (χ3n) is 4.05. The molecule has 2 aliphatic heterocycles. The lowest BCUT2D eigenvalue weighted by Crippen LogP contribution is -2.28. The molecule has 4 rings (SSSR count). The Morgan fingerprint density at radius 2 is 2.16 bits per heavy atom. The lowest BCUT2D eigenvalue weighted by molar-refractivity contribution is -0.120. The van der Waals surface area contributed by atoms with Crippen LogP contribution in [0.5, 0.6) is 0 Å². The number of amides is 1. The summed E-state index contributed by atoms with van der Waals surface area (Å²) in [6, 6.07) is 10.3. The van der Waals surface area contributed by atoms with Gasteiger partial charge in [-0.1, -0.05) is 42.1 Å². The Hall–Kier alpha value is -2.12. The van der Waals surface area contributed by atoms with E-state index in [9.17, 15) is 4.79 Å². The molecule has 0 unspecified atom stereocenters. The van der Waals surface area contributed by atoms with Gasteiger partial charge in [0.2, 0.25) is 5.91 Å². The lowest BCUT2D eigenvalue weighted by atomic mass is 10.2. The van der Waals surface area contributed by atoms with Crippen molar-refractivity contribution in [3.63, 3.8) is 0 Å². The molecule has 0 radical (unpaired) electrons. The predicted molar refractivity (Wildman–Crippen MR) is 103 cm³/mol. The zero-order valence-electron chi connectivity index (χ0n) is 13.6. The smallest absolute Gasteiger partial charge is 0.226 e. The van der Waals surface area contributed by atoms with E-state index in [0.29, 0.717) is 13.0 Å². The fourth-order valence-corrected chi connectivity index (χ4v) is 4.60. The Balaban J connectivity index is 1.27. The van der Waals surface area contributed by atoms with Crippen molar-refractivity contribution >= 4 is 34.2 Å². The maximum absolute atomic E-state index is 12.2. The number of rotatable bonds is 6. The number of benzene rings is 1. The number of hydrogen-bond acceptors (Lipinski definition) is 6. The highest BCUT2D eigenvalue weighted by Gasteiger charge is 2.27. The molecule has 5 nitrogen and oxygen atoms in total. The number of nitrogens with one attached hydrogen (secondary N) is 1. The number of thioether (sulfide) groups is 1. The van der Waals surface area contributed by atoms with Crippen LogP contribution < -0.4 is 5.32 Å². The van der Waals surface area contributed by atoms with Gasteiger partial charge in [0, 0.05) is 24.0 Å². The molecule has 0 saturated carbocycles. The molecule has 3 heterocycles. The molecule has 0 spiro atoms. The second-order valence-corrected chi connectivity index (χ2v) is 7.67. The molecule has 1 N–H and O–H groups in total. The van der Waals surface area contributed by atoms with E-state index in [1.54, 1.807) is 23.1 Å². The standard InChI is InChI=1S/C18H18N4OS2/c23-16(9-15-12-25-18-19-6-7-22(15)18)20-10-14-11-24-17(21-14)8-13-4-2-1-3-5-13/h1-5,11-12H,6-10H2,(H,20,23). The summed E-state index contributed by atoms with van der Waals surface area (Å²) in [6.45, 7) is 2.19. The Morgan fingerprint density at radius 1 is 1.28 bits per heavy atom. The van der Waals surface area contributed by atoms with Gasteiger partial charge in [-0.3, -0.25) is 9.79 Å². The summed E-state index contributed by atoms with van der Waals surface area (Å²) < 4.78 is 0. The number of fused-ring (bicyclic) bond motifs is 1. The van der Waals surface area contributed by atoms with Crippen LogP contribution in [0.4, 0.5) is 0 Å². The number of aromatic nitrogens is 1. The molecule has 25 heavy (non-hydrogen) atoms. The Morgan fingerprint density at radius 3 is 3.04 bits per heavy atom. The third kappa shape index (κ3) is 3.93. The number of aliphatic imine (C=N–C) groups is 1. The highest BCUT2D eigenvalue weighted by Crippen LogP contribution is 2.30. The molecule has 2 aromatic rings. The number of amidine groups is 1. The van der Waals surface area contributed by atoms with Crippen molar-refractivity contribution in [2.75, 3.05) is 13.1 Å². The number of nitrogens with zero attached hydrogens (tertiary/aromatic N) is 3. The van der Waals surface area contributed by atoms with Crippen molar-refractivity contribution in [2.24, 2.45) is 4.99 Å². The summed E-state index contributed by atoms with van der Waals surface area (Å²) in [6.07, 6.45) is 1.23. The van der Waals surface area contributed by atoms with Crippen LogP contribution >= 0.6 is 23.1 Å². The van der Waals surface area contributed by atoms with E-state index in [1.807, 2.05) is 29.0 Å². The van der Waals surface area contributed by atoms with Crippen LogP contribution in [0.15, 0.2) is 51.8 Å². The number of carbonyl (C=O) groups excluding carboxylic acids is 1. The average Bonchev–Trinajstić information content (AvgIpc) is 3.33. The van der Waals surface area contributed by atoms with Crippen LogP contribution in [0.3, 0.4) is 0 Å². The summed E-state index contributed by atoms with van der Waals surface area (Å²) in [5.74, 6) is 0.0256. The molecule has 0 atom stereocenters. The van der Waals surface area contributed by atoms with E-state index in [1.165, 1.54) is 5.56 Å². The van der Waals surface area contributed by atoms with Crippen molar-refractivity contribution in [3.8, 4) is 0 Å². The summed E-state index contributed by atoms with van der Waals surface area (Å²) in [5.41, 5.74) is 3.21. The summed E-state index contributed by atoms with van der Waals surface area (Å²) >= 11 is 3.25. The van der Waals surface area contributed by atoms with Crippen molar-refractivity contribution in [2.45, 2.75) is 19.4 Å². The van der Waals surface area contributed by atoms with Gasteiger partial charge in [-0.15, -0.1) is 11.3 Å². The molecular weight excluding hydrogens is 352 g/mol. The predicted octanol–water partition coefficient (Wildman–Crippen LogP) is 3.00. The average molecular weight is 371 g/mol. The van der Waals surface area contributed by atoms with Gasteiger partial charge in [0.15, 0.2) is 5.17 Å². The molecule has 1 aromatic heterocycles. The van der Waals surface area contributed by atoms with Gasteiger partial charge in [0.05, 0.1) is 30.2 Å². The minimum atomic E-state index is 0.0256. The normalized spacial score (nSPS) is 15.8. The quantitative estimate of drug-likeness (QED) is 0.849. The molecule has 0 aliphatic carbocycles. The van der Waals surface area contributed by atoms with Gasteiger partial charge >= 0.3 is 0 Å².